The normalized spacial score (nSPS) is 13.5. The van der Waals surface area contributed by atoms with Crippen LogP contribution in [0.2, 0.25) is 5.02 Å². The quantitative estimate of drug-likeness (QED) is 0.768. The highest BCUT2D eigenvalue weighted by Gasteiger charge is 2.17. The zero-order valence-corrected chi connectivity index (χ0v) is 11.0. The summed E-state index contributed by atoms with van der Waals surface area (Å²) in [5.74, 6) is 0.295. The SMILES string of the molecule is CC(C)(C)CC(O)CNc1nc[nH]c(=O)c1Cl. The third-order valence-electron chi connectivity index (χ3n) is 2.15. The van der Waals surface area contributed by atoms with E-state index in [0.29, 0.717) is 18.8 Å². The Balaban J connectivity index is 2.56. The van der Waals surface area contributed by atoms with Gasteiger partial charge in [0, 0.05) is 6.54 Å². The second-order valence-electron chi connectivity index (χ2n) is 5.19. The van der Waals surface area contributed by atoms with Gasteiger partial charge in [0.2, 0.25) is 0 Å². The number of hydrogen-bond acceptors (Lipinski definition) is 4. The average molecular weight is 260 g/mol. The van der Waals surface area contributed by atoms with Crippen molar-refractivity contribution in [2.24, 2.45) is 5.41 Å². The number of hydrogen-bond donors (Lipinski definition) is 3. The van der Waals surface area contributed by atoms with Crippen molar-refractivity contribution in [3.63, 3.8) is 0 Å². The minimum Gasteiger partial charge on any atom is -0.391 e. The number of halogens is 1. The van der Waals surface area contributed by atoms with Crippen LogP contribution in [0.3, 0.4) is 0 Å². The lowest BCUT2D eigenvalue weighted by molar-refractivity contribution is 0.132. The summed E-state index contributed by atoms with van der Waals surface area (Å²) in [5, 5.41) is 12.7. The minimum absolute atomic E-state index is 0.00968. The van der Waals surface area contributed by atoms with Crippen molar-refractivity contribution in [1.82, 2.24) is 9.97 Å². The van der Waals surface area contributed by atoms with Crippen LogP contribution in [0.1, 0.15) is 27.2 Å². The molecule has 0 fully saturated rings. The Labute approximate surface area is 105 Å². The molecule has 96 valence electrons. The summed E-state index contributed by atoms with van der Waals surface area (Å²) < 4.78 is 0. The fraction of sp³-hybridized carbons (Fsp3) is 0.636. The van der Waals surface area contributed by atoms with Gasteiger partial charge in [-0.2, -0.15) is 0 Å². The maximum atomic E-state index is 11.2. The van der Waals surface area contributed by atoms with Crippen LogP contribution in [0.15, 0.2) is 11.1 Å². The Morgan fingerprint density at radius 3 is 2.82 bits per heavy atom. The largest absolute Gasteiger partial charge is 0.391 e. The number of aliphatic hydroxyl groups excluding tert-OH is 1. The Morgan fingerprint density at radius 1 is 1.59 bits per heavy atom. The van der Waals surface area contributed by atoms with Crippen LogP contribution in [0.5, 0.6) is 0 Å². The van der Waals surface area contributed by atoms with Crippen LogP contribution < -0.4 is 10.9 Å². The molecule has 1 aromatic heterocycles. The van der Waals surface area contributed by atoms with E-state index in [4.69, 9.17) is 11.6 Å². The van der Waals surface area contributed by atoms with E-state index in [2.05, 4.69) is 36.1 Å². The van der Waals surface area contributed by atoms with Crippen LogP contribution in [-0.4, -0.2) is 27.7 Å². The molecule has 1 aromatic rings. The Hall–Kier alpha value is -1.07. The van der Waals surface area contributed by atoms with Gasteiger partial charge in [0.15, 0.2) is 5.82 Å². The number of H-pyrrole nitrogens is 1. The van der Waals surface area contributed by atoms with E-state index in [-0.39, 0.29) is 10.4 Å². The molecule has 0 bridgehead atoms. The van der Waals surface area contributed by atoms with Crippen LogP contribution in [0, 0.1) is 5.41 Å². The monoisotopic (exact) mass is 259 g/mol. The predicted octanol–water partition coefficient (Wildman–Crippen LogP) is 1.63. The first-order valence-corrected chi connectivity index (χ1v) is 5.82. The van der Waals surface area contributed by atoms with Gasteiger partial charge in [0.05, 0.1) is 12.4 Å². The van der Waals surface area contributed by atoms with Gasteiger partial charge in [0.1, 0.15) is 5.02 Å². The molecule has 6 heteroatoms. The van der Waals surface area contributed by atoms with E-state index in [1.165, 1.54) is 6.33 Å². The second-order valence-corrected chi connectivity index (χ2v) is 5.57. The first kappa shape index (κ1) is 14.0. The molecule has 0 aliphatic heterocycles. The van der Waals surface area contributed by atoms with Crippen molar-refractivity contribution in [3.8, 4) is 0 Å². The first-order valence-electron chi connectivity index (χ1n) is 5.45. The third kappa shape index (κ3) is 4.75. The van der Waals surface area contributed by atoms with Gasteiger partial charge in [0.25, 0.3) is 5.56 Å². The third-order valence-corrected chi connectivity index (χ3v) is 2.50. The van der Waals surface area contributed by atoms with E-state index < -0.39 is 11.7 Å². The van der Waals surface area contributed by atoms with E-state index in [1.807, 2.05) is 0 Å². The van der Waals surface area contributed by atoms with Gasteiger partial charge in [-0.25, -0.2) is 4.98 Å². The lowest BCUT2D eigenvalue weighted by Gasteiger charge is -2.22. The summed E-state index contributed by atoms with van der Waals surface area (Å²) in [6, 6.07) is 0. The van der Waals surface area contributed by atoms with E-state index in [9.17, 15) is 9.90 Å². The molecule has 5 nitrogen and oxygen atoms in total. The summed E-state index contributed by atoms with van der Waals surface area (Å²) in [6.07, 6.45) is 1.42. The molecule has 0 aromatic carbocycles. The van der Waals surface area contributed by atoms with Gasteiger partial charge in [-0.15, -0.1) is 0 Å². The molecule has 0 saturated heterocycles. The standard InChI is InChI=1S/C11H18ClN3O2/c1-11(2,3)4-7(16)5-13-9-8(12)10(17)15-6-14-9/h6-7,16H,4-5H2,1-3H3,(H2,13,14,15,17). The van der Waals surface area contributed by atoms with E-state index >= 15 is 0 Å². The fourth-order valence-electron chi connectivity index (χ4n) is 1.50. The Morgan fingerprint density at radius 2 is 2.24 bits per heavy atom. The maximum Gasteiger partial charge on any atom is 0.271 e. The minimum atomic E-state index is -0.507. The van der Waals surface area contributed by atoms with Crippen LogP contribution in [0.4, 0.5) is 5.82 Å². The molecule has 1 atom stereocenters. The predicted molar refractivity (Wildman–Crippen MR) is 68.4 cm³/mol. The highest BCUT2D eigenvalue weighted by Crippen LogP contribution is 2.21. The first-order chi connectivity index (χ1) is 7.79. The molecule has 1 heterocycles. The average Bonchev–Trinajstić information content (AvgIpc) is 2.18. The van der Waals surface area contributed by atoms with E-state index in [0.717, 1.165) is 0 Å². The van der Waals surface area contributed by atoms with Crippen molar-refractivity contribution in [1.29, 1.82) is 0 Å². The van der Waals surface area contributed by atoms with Crippen molar-refractivity contribution in [2.45, 2.75) is 33.3 Å². The number of rotatable bonds is 4. The summed E-state index contributed by atoms with van der Waals surface area (Å²) in [5.41, 5.74) is -0.346. The molecule has 1 rings (SSSR count). The summed E-state index contributed by atoms with van der Waals surface area (Å²) in [4.78, 5) is 17.4. The van der Waals surface area contributed by atoms with Crippen LogP contribution in [-0.2, 0) is 0 Å². The molecule has 1 unspecified atom stereocenters. The van der Waals surface area contributed by atoms with Crippen LogP contribution in [0.25, 0.3) is 0 Å². The fourth-order valence-corrected chi connectivity index (χ4v) is 1.67. The molecule has 0 aliphatic rings. The molecule has 3 N–H and O–H groups in total. The molecular weight excluding hydrogens is 242 g/mol. The van der Waals surface area contributed by atoms with Crippen molar-refractivity contribution < 1.29 is 5.11 Å². The zero-order chi connectivity index (χ0) is 13.1. The molecule has 0 saturated carbocycles. The van der Waals surface area contributed by atoms with Gasteiger partial charge >= 0.3 is 0 Å². The molecular formula is C11H18ClN3O2. The topological polar surface area (TPSA) is 78.0 Å². The maximum absolute atomic E-state index is 11.2. The highest BCUT2D eigenvalue weighted by atomic mass is 35.5. The van der Waals surface area contributed by atoms with Gasteiger partial charge in [-0.05, 0) is 11.8 Å². The number of aromatic nitrogens is 2. The number of nitrogens with zero attached hydrogens (tertiary/aromatic N) is 1. The lowest BCUT2D eigenvalue weighted by Crippen LogP contribution is -2.26. The Bertz CT molecular complexity index is 425. The van der Waals surface area contributed by atoms with Gasteiger partial charge in [-0.1, -0.05) is 32.4 Å². The number of anilines is 1. The molecule has 17 heavy (non-hydrogen) atoms. The second kappa shape index (κ2) is 5.51. The van der Waals surface area contributed by atoms with Crippen LogP contribution >= 0.6 is 11.6 Å². The number of nitrogens with one attached hydrogen (secondary N) is 2. The lowest BCUT2D eigenvalue weighted by atomic mass is 9.89. The molecule has 0 spiro atoms. The number of aromatic amines is 1. The zero-order valence-electron chi connectivity index (χ0n) is 10.2. The smallest absolute Gasteiger partial charge is 0.271 e. The molecule has 0 radical (unpaired) electrons. The van der Waals surface area contributed by atoms with Crippen molar-refractivity contribution in [2.75, 3.05) is 11.9 Å². The molecule has 0 aliphatic carbocycles. The number of aliphatic hydroxyl groups is 1. The van der Waals surface area contributed by atoms with Gasteiger partial charge < -0.3 is 15.4 Å². The highest BCUT2D eigenvalue weighted by molar-refractivity contribution is 6.32. The summed E-state index contributed by atoms with van der Waals surface area (Å²) >= 11 is 5.76. The van der Waals surface area contributed by atoms with Crippen molar-refractivity contribution in [3.05, 3.63) is 21.7 Å². The van der Waals surface area contributed by atoms with Crippen molar-refractivity contribution >= 4 is 17.4 Å². The summed E-state index contributed by atoms with van der Waals surface area (Å²) in [7, 11) is 0. The summed E-state index contributed by atoms with van der Waals surface area (Å²) in [6.45, 7) is 6.46. The van der Waals surface area contributed by atoms with E-state index in [1.54, 1.807) is 0 Å². The van der Waals surface area contributed by atoms with Gasteiger partial charge in [-0.3, -0.25) is 4.79 Å². The molecule has 0 amide bonds. The Kier molecular flexibility index (Phi) is 4.54.